The molecule has 0 bridgehead atoms. The fourth-order valence-corrected chi connectivity index (χ4v) is 2.62. The number of likely N-dealkylation sites (tertiary alicyclic amines) is 1. The lowest BCUT2D eigenvalue weighted by molar-refractivity contribution is -0.134. The number of carbonyl (C=O) groups is 1. The topological polar surface area (TPSA) is 41.6 Å². The van der Waals surface area contributed by atoms with Crippen LogP contribution in [0.5, 0.6) is 0 Å². The molecule has 5 heteroatoms. The van der Waals surface area contributed by atoms with Gasteiger partial charge in [-0.3, -0.25) is 4.79 Å². The van der Waals surface area contributed by atoms with Gasteiger partial charge in [0.25, 0.3) is 0 Å². The van der Waals surface area contributed by atoms with Crippen molar-refractivity contribution in [3.63, 3.8) is 0 Å². The molecule has 0 radical (unpaired) electrons. The standard InChI is InChI=1S/C11H20N2O2.ClH/c1-15-7-4-11(14)13-6-3-10-9(8-13)2-5-12-10;/h9-10,12H,2-8H2,1H3;1H. The molecular formula is C11H21ClN2O2. The smallest absolute Gasteiger partial charge is 0.224 e. The van der Waals surface area contributed by atoms with Crippen molar-refractivity contribution in [2.75, 3.05) is 33.4 Å². The zero-order valence-corrected chi connectivity index (χ0v) is 10.6. The van der Waals surface area contributed by atoms with E-state index < -0.39 is 0 Å². The summed E-state index contributed by atoms with van der Waals surface area (Å²) < 4.78 is 4.93. The first-order chi connectivity index (χ1) is 7.31. The lowest BCUT2D eigenvalue weighted by Gasteiger charge is -2.34. The quantitative estimate of drug-likeness (QED) is 0.798. The Morgan fingerprint density at radius 2 is 2.31 bits per heavy atom. The van der Waals surface area contributed by atoms with E-state index in [4.69, 9.17) is 4.74 Å². The molecule has 0 aromatic heterocycles. The molecule has 2 atom stereocenters. The van der Waals surface area contributed by atoms with Crippen LogP contribution in [0.2, 0.25) is 0 Å². The molecule has 0 aliphatic carbocycles. The molecule has 0 saturated carbocycles. The molecule has 1 amide bonds. The van der Waals surface area contributed by atoms with Crippen LogP contribution < -0.4 is 5.32 Å². The van der Waals surface area contributed by atoms with Crippen LogP contribution in [0.3, 0.4) is 0 Å². The number of nitrogens with one attached hydrogen (secondary N) is 1. The van der Waals surface area contributed by atoms with Crippen molar-refractivity contribution >= 4 is 18.3 Å². The fraction of sp³-hybridized carbons (Fsp3) is 0.909. The summed E-state index contributed by atoms with van der Waals surface area (Å²) in [4.78, 5) is 13.8. The third-order valence-electron chi connectivity index (χ3n) is 3.53. The van der Waals surface area contributed by atoms with E-state index in [-0.39, 0.29) is 18.3 Å². The molecular weight excluding hydrogens is 228 g/mol. The Labute approximate surface area is 103 Å². The van der Waals surface area contributed by atoms with Gasteiger partial charge in [0, 0.05) is 26.2 Å². The lowest BCUT2D eigenvalue weighted by Crippen LogP contribution is -2.47. The van der Waals surface area contributed by atoms with Crippen LogP contribution in [0.25, 0.3) is 0 Å². The van der Waals surface area contributed by atoms with E-state index in [1.54, 1.807) is 7.11 Å². The first-order valence-electron chi connectivity index (χ1n) is 5.81. The van der Waals surface area contributed by atoms with Crippen molar-refractivity contribution in [1.82, 2.24) is 10.2 Å². The molecule has 0 aromatic carbocycles. The highest BCUT2D eigenvalue weighted by molar-refractivity contribution is 5.85. The average Bonchev–Trinajstić information content (AvgIpc) is 2.72. The van der Waals surface area contributed by atoms with Gasteiger partial charge in [-0.25, -0.2) is 0 Å². The van der Waals surface area contributed by atoms with Crippen LogP contribution >= 0.6 is 12.4 Å². The molecule has 4 nitrogen and oxygen atoms in total. The number of amides is 1. The molecule has 1 N–H and O–H groups in total. The summed E-state index contributed by atoms with van der Waals surface area (Å²) in [6.45, 7) is 3.52. The second-order valence-electron chi connectivity index (χ2n) is 4.48. The molecule has 2 saturated heterocycles. The van der Waals surface area contributed by atoms with E-state index in [1.807, 2.05) is 4.90 Å². The minimum absolute atomic E-state index is 0. The number of carbonyl (C=O) groups excluding carboxylic acids is 1. The van der Waals surface area contributed by atoms with Crippen molar-refractivity contribution < 1.29 is 9.53 Å². The molecule has 2 heterocycles. The Bertz CT molecular complexity index is 238. The SMILES string of the molecule is COCCC(=O)N1CCC2NCCC2C1.Cl. The minimum Gasteiger partial charge on any atom is -0.384 e. The number of rotatable bonds is 3. The van der Waals surface area contributed by atoms with Crippen molar-refractivity contribution in [3.8, 4) is 0 Å². The molecule has 2 rings (SSSR count). The predicted octanol–water partition coefficient (Wildman–Crippen LogP) is 0.655. The van der Waals surface area contributed by atoms with E-state index in [9.17, 15) is 4.79 Å². The van der Waals surface area contributed by atoms with Gasteiger partial charge in [-0.05, 0) is 25.3 Å². The summed E-state index contributed by atoms with van der Waals surface area (Å²) in [5.41, 5.74) is 0. The summed E-state index contributed by atoms with van der Waals surface area (Å²) in [6.07, 6.45) is 2.86. The molecule has 2 aliphatic rings. The number of piperidine rings is 1. The second-order valence-corrected chi connectivity index (χ2v) is 4.48. The van der Waals surface area contributed by atoms with Gasteiger partial charge in [-0.2, -0.15) is 0 Å². The Morgan fingerprint density at radius 3 is 3.06 bits per heavy atom. The molecule has 2 aliphatic heterocycles. The van der Waals surface area contributed by atoms with Crippen LogP contribution in [0.1, 0.15) is 19.3 Å². The van der Waals surface area contributed by atoms with Crippen LogP contribution in [-0.2, 0) is 9.53 Å². The highest BCUT2D eigenvalue weighted by Crippen LogP contribution is 2.24. The Balaban J connectivity index is 0.00000128. The lowest BCUT2D eigenvalue weighted by atomic mass is 9.93. The number of ether oxygens (including phenoxy) is 1. The van der Waals surface area contributed by atoms with Crippen LogP contribution in [0, 0.1) is 5.92 Å². The summed E-state index contributed by atoms with van der Waals surface area (Å²) in [7, 11) is 1.64. The average molecular weight is 249 g/mol. The Kier molecular flexibility index (Phi) is 5.52. The number of fused-ring (bicyclic) bond motifs is 1. The number of nitrogens with zero attached hydrogens (tertiary/aromatic N) is 1. The highest BCUT2D eigenvalue weighted by Gasteiger charge is 2.33. The van der Waals surface area contributed by atoms with E-state index in [2.05, 4.69) is 5.32 Å². The number of methoxy groups -OCH3 is 1. The zero-order chi connectivity index (χ0) is 10.7. The second kappa shape index (κ2) is 6.42. The van der Waals surface area contributed by atoms with E-state index in [1.165, 1.54) is 6.42 Å². The van der Waals surface area contributed by atoms with Crippen LogP contribution in [0.15, 0.2) is 0 Å². The van der Waals surface area contributed by atoms with Gasteiger partial charge in [-0.1, -0.05) is 0 Å². The normalized spacial score (nSPS) is 28.4. The summed E-state index contributed by atoms with van der Waals surface area (Å²) in [6, 6.07) is 0.663. The first-order valence-corrected chi connectivity index (χ1v) is 5.81. The van der Waals surface area contributed by atoms with Crippen molar-refractivity contribution in [3.05, 3.63) is 0 Å². The summed E-state index contributed by atoms with van der Waals surface area (Å²) in [5, 5.41) is 3.50. The monoisotopic (exact) mass is 248 g/mol. The van der Waals surface area contributed by atoms with Gasteiger partial charge in [0.2, 0.25) is 5.91 Å². The van der Waals surface area contributed by atoms with E-state index in [0.717, 1.165) is 26.1 Å². The van der Waals surface area contributed by atoms with E-state index in [0.29, 0.717) is 25.0 Å². The molecule has 0 aromatic rings. The fourth-order valence-electron chi connectivity index (χ4n) is 2.62. The van der Waals surface area contributed by atoms with Gasteiger partial charge in [0.15, 0.2) is 0 Å². The van der Waals surface area contributed by atoms with Gasteiger partial charge >= 0.3 is 0 Å². The van der Waals surface area contributed by atoms with Crippen LogP contribution in [0.4, 0.5) is 0 Å². The van der Waals surface area contributed by atoms with E-state index >= 15 is 0 Å². The highest BCUT2D eigenvalue weighted by atomic mass is 35.5. The van der Waals surface area contributed by atoms with Crippen molar-refractivity contribution in [2.24, 2.45) is 5.92 Å². The Hall–Kier alpha value is -0.320. The third-order valence-corrected chi connectivity index (χ3v) is 3.53. The maximum atomic E-state index is 11.8. The molecule has 94 valence electrons. The minimum atomic E-state index is 0. The predicted molar refractivity (Wildman–Crippen MR) is 64.8 cm³/mol. The maximum Gasteiger partial charge on any atom is 0.224 e. The summed E-state index contributed by atoms with van der Waals surface area (Å²) in [5.74, 6) is 0.937. The molecule has 2 unspecified atom stereocenters. The largest absolute Gasteiger partial charge is 0.384 e. The molecule has 2 fully saturated rings. The molecule has 0 spiro atoms. The third kappa shape index (κ3) is 3.09. The number of halogens is 1. The summed E-state index contributed by atoms with van der Waals surface area (Å²) >= 11 is 0. The first kappa shape index (κ1) is 13.7. The van der Waals surface area contributed by atoms with Gasteiger partial charge in [-0.15, -0.1) is 12.4 Å². The number of hydrogen-bond donors (Lipinski definition) is 1. The molecule has 16 heavy (non-hydrogen) atoms. The van der Waals surface area contributed by atoms with Gasteiger partial charge in [0.1, 0.15) is 0 Å². The zero-order valence-electron chi connectivity index (χ0n) is 9.78. The number of hydrogen-bond acceptors (Lipinski definition) is 3. The Morgan fingerprint density at radius 1 is 1.50 bits per heavy atom. The van der Waals surface area contributed by atoms with Crippen molar-refractivity contribution in [2.45, 2.75) is 25.3 Å². The van der Waals surface area contributed by atoms with Crippen LogP contribution in [-0.4, -0.2) is 50.2 Å². The van der Waals surface area contributed by atoms with Crippen molar-refractivity contribution in [1.29, 1.82) is 0 Å². The maximum absolute atomic E-state index is 11.8. The van der Waals surface area contributed by atoms with Gasteiger partial charge in [0.05, 0.1) is 13.0 Å². The van der Waals surface area contributed by atoms with Gasteiger partial charge < -0.3 is 15.0 Å².